The van der Waals surface area contributed by atoms with E-state index in [1.807, 2.05) is 26.0 Å². The number of benzene rings is 2. The van der Waals surface area contributed by atoms with E-state index in [9.17, 15) is 9.59 Å². The number of hydrogen-bond donors (Lipinski definition) is 1. The number of rotatable bonds is 13. The minimum Gasteiger partial charge on any atom is -0.476 e. The van der Waals surface area contributed by atoms with E-state index >= 15 is 0 Å². The Bertz CT molecular complexity index is 1130. The summed E-state index contributed by atoms with van der Waals surface area (Å²) in [6, 6.07) is 14.0. The lowest BCUT2D eigenvalue weighted by Gasteiger charge is -2.25. The van der Waals surface area contributed by atoms with Crippen LogP contribution in [0.4, 0.5) is 0 Å². The molecule has 39 heavy (non-hydrogen) atoms. The highest BCUT2D eigenvalue weighted by molar-refractivity contribution is 5.98. The third-order valence-electron chi connectivity index (χ3n) is 6.20. The Morgan fingerprint density at radius 1 is 1.03 bits per heavy atom. The van der Waals surface area contributed by atoms with Gasteiger partial charge in [-0.1, -0.05) is 57.2 Å². The summed E-state index contributed by atoms with van der Waals surface area (Å²) in [5.41, 5.74) is 3.85. The number of carbonyl (C=O) groups excluding carboxylic acids is 2. The fourth-order valence-corrected chi connectivity index (χ4v) is 3.82. The van der Waals surface area contributed by atoms with Gasteiger partial charge in [-0.05, 0) is 68.4 Å². The largest absolute Gasteiger partial charge is 0.476 e. The molecule has 1 N–H and O–H groups in total. The van der Waals surface area contributed by atoms with Crippen molar-refractivity contribution >= 4 is 17.6 Å². The Kier molecular flexibility index (Phi) is 11.5. The lowest BCUT2D eigenvalue weighted by Crippen LogP contribution is -2.40. The lowest BCUT2D eigenvalue weighted by molar-refractivity contribution is -0.158. The highest BCUT2D eigenvalue weighted by Crippen LogP contribution is 2.25. The smallest absolute Gasteiger partial charge is 0.349 e. The fraction of sp³-hybridized carbons (Fsp3) is 0.516. The van der Waals surface area contributed by atoms with E-state index in [1.54, 1.807) is 39.0 Å². The molecule has 0 aromatic heterocycles. The normalized spacial score (nSPS) is 12.2. The van der Waals surface area contributed by atoms with Crippen LogP contribution in [0, 0.1) is 6.92 Å². The van der Waals surface area contributed by atoms with E-state index in [0.717, 1.165) is 22.4 Å². The number of methoxy groups -OCH3 is 1. The van der Waals surface area contributed by atoms with Gasteiger partial charge < -0.3 is 19.5 Å². The van der Waals surface area contributed by atoms with Gasteiger partial charge in [0.25, 0.3) is 0 Å². The number of esters is 1. The molecular formula is C31H45N3O5. The summed E-state index contributed by atoms with van der Waals surface area (Å²) in [5, 5.41) is 9.41. The van der Waals surface area contributed by atoms with E-state index in [4.69, 9.17) is 19.3 Å². The number of carbonyl (C=O) groups is 2. The average Bonchev–Trinajstić information content (AvgIpc) is 2.87. The lowest BCUT2D eigenvalue weighted by atomic mass is 9.86. The fourth-order valence-electron chi connectivity index (χ4n) is 3.82. The molecule has 0 aliphatic rings. The number of ether oxygens (including phenoxy) is 3. The molecule has 2 aromatic rings. The number of nitrogens with one attached hydrogen (secondary N) is 1. The van der Waals surface area contributed by atoms with Gasteiger partial charge >= 0.3 is 5.97 Å². The summed E-state index contributed by atoms with van der Waals surface area (Å²) in [6.45, 7) is 17.2. The zero-order valence-electron chi connectivity index (χ0n) is 25.0. The molecule has 0 aliphatic heterocycles. The van der Waals surface area contributed by atoms with Crippen LogP contribution < -0.4 is 10.1 Å². The van der Waals surface area contributed by atoms with Crippen molar-refractivity contribution in [2.24, 2.45) is 5.10 Å². The SMILES string of the molecule is CCOC(=O)C(C)(C)Oc1ccc(CNC(=O)CN(CCOC)/N=C(\C)c2ccc(C(C)(C)C)cc2)cc1C. The molecular weight excluding hydrogens is 494 g/mol. The Hall–Kier alpha value is -3.39. The van der Waals surface area contributed by atoms with Crippen molar-refractivity contribution in [3.05, 3.63) is 64.7 Å². The van der Waals surface area contributed by atoms with Crippen molar-refractivity contribution in [3.63, 3.8) is 0 Å². The van der Waals surface area contributed by atoms with Crippen LogP contribution in [0.2, 0.25) is 0 Å². The first-order valence-corrected chi connectivity index (χ1v) is 13.4. The van der Waals surface area contributed by atoms with Crippen LogP contribution >= 0.6 is 0 Å². The molecule has 1 amide bonds. The molecule has 0 saturated heterocycles. The van der Waals surface area contributed by atoms with Crippen LogP contribution in [0.1, 0.15) is 70.7 Å². The van der Waals surface area contributed by atoms with Gasteiger partial charge in [-0.15, -0.1) is 0 Å². The highest BCUT2D eigenvalue weighted by Gasteiger charge is 2.32. The number of hydrazone groups is 1. The van der Waals surface area contributed by atoms with Gasteiger partial charge in [0.2, 0.25) is 5.91 Å². The third kappa shape index (κ3) is 10.0. The Morgan fingerprint density at radius 2 is 1.69 bits per heavy atom. The van der Waals surface area contributed by atoms with Crippen molar-refractivity contribution in [3.8, 4) is 5.75 Å². The van der Waals surface area contributed by atoms with E-state index in [1.165, 1.54) is 5.56 Å². The van der Waals surface area contributed by atoms with Crippen molar-refractivity contribution in [2.75, 3.05) is 33.4 Å². The number of aryl methyl sites for hydroxylation is 1. The van der Waals surface area contributed by atoms with Crippen LogP contribution in [0.3, 0.4) is 0 Å². The van der Waals surface area contributed by atoms with Gasteiger partial charge in [-0.2, -0.15) is 5.10 Å². The molecule has 8 nitrogen and oxygen atoms in total. The summed E-state index contributed by atoms with van der Waals surface area (Å²) in [5.74, 6) is 0.0277. The second-order valence-electron chi connectivity index (χ2n) is 11.1. The van der Waals surface area contributed by atoms with E-state index < -0.39 is 11.6 Å². The van der Waals surface area contributed by atoms with Crippen LogP contribution in [0.25, 0.3) is 0 Å². The summed E-state index contributed by atoms with van der Waals surface area (Å²) in [6.07, 6.45) is 0. The molecule has 2 aromatic carbocycles. The van der Waals surface area contributed by atoms with Crippen molar-refractivity contribution in [2.45, 2.75) is 73.0 Å². The van der Waals surface area contributed by atoms with Crippen molar-refractivity contribution in [1.82, 2.24) is 10.3 Å². The molecule has 0 fully saturated rings. The van der Waals surface area contributed by atoms with Gasteiger partial charge in [0, 0.05) is 13.7 Å². The first-order chi connectivity index (χ1) is 18.3. The van der Waals surface area contributed by atoms with Gasteiger partial charge in [0.05, 0.1) is 25.5 Å². The molecule has 0 unspecified atom stereocenters. The number of amides is 1. The molecule has 0 spiro atoms. The molecule has 0 atom stereocenters. The summed E-state index contributed by atoms with van der Waals surface area (Å²) >= 11 is 0. The van der Waals surface area contributed by atoms with Gasteiger partial charge in [-0.3, -0.25) is 9.80 Å². The number of nitrogens with zero attached hydrogens (tertiary/aromatic N) is 2. The second-order valence-corrected chi connectivity index (χ2v) is 11.1. The quantitative estimate of drug-likeness (QED) is 0.219. The van der Waals surface area contributed by atoms with Crippen LogP contribution in [0.5, 0.6) is 5.75 Å². The monoisotopic (exact) mass is 539 g/mol. The molecule has 0 bridgehead atoms. The van der Waals surface area contributed by atoms with E-state index in [0.29, 0.717) is 32.1 Å². The predicted octanol–water partition coefficient (Wildman–Crippen LogP) is 5.00. The summed E-state index contributed by atoms with van der Waals surface area (Å²) < 4.78 is 16.2. The molecule has 2 rings (SSSR count). The molecule has 0 heterocycles. The molecule has 8 heteroatoms. The van der Waals surface area contributed by atoms with Crippen LogP contribution in [-0.4, -0.2) is 61.6 Å². The van der Waals surface area contributed by atoms with E-state index in [2.05, 4.69) is 50.4 Å². The standard InChI is InChI=1S/C31H45N3O5/c1-10-38-29(36)31(7,8)39-27-16-11-24(19-22(27)2)20-32-28(35)21-34(17-18-37-9)33-23(3)25-12-14-26(15-13-25)30(4,5)6/h11-16,19H,10,17-18,20-21H2,1-9H3,(H,32,35)/b33-23+. The molecule has 0 aliphatic carbocycles. The zero-order chi connectivity index (χ0) is 29.2. The minimum absolute atomic E-state index is 0.0806. The first kappa shape index (κ1) is 31.8. The summed E-state index contributed by atoms with van der Waals surface area (Å²) in [4.78, 5) is 25.0. The predicted molar refractivity (Wildman–Crippen MR) is 155 cm³/mol. The Morgan fingerprint density at radius 3 is 2.26 bits per heavy atom. The minimum atomic E-state index is -1.10. The van der Waals surface area contributed by atoms with Crippen LogP contribution in [-0.2, 0) is 31.0 Å². The topological polar surface area (TPSA) is 89.5 Å². The third-order valence-corrected chi connectivity index (χ3v) is 6.20. The maximum Gasteiger partial charge on any atom is 0.349 e. The molecule has 214 valence electrons. The maximum absolute atomic E-state index is 12.8. The second kappa shape index (κ2) is 14.1. The Labute approximate surface area is 233 Å². The maximum atomic E-state index is 12.8. The summed E-state index contributed by atoms with van der Waals surface area (Å²) in [7, 11) is 1.63. The van der Waals surface area contributed by atoms with Gasteiger partial charge in [0.15, 0.2) is 5.60 Å². The number of hydrogen-bond acceptors (Lipinski definition) is 7. The van der Waals surface area contributed by atoms with Gasteiger partial charge in [0.1, 0.15) is 12.3 Å². The Balaban J connectivity index is 2.02. The highest BCUT2D eigenvalue weighted by atomic mass is 16.6. The van der Waals surface area contributed by atoms with Gasteiger partial charge in [-0.25, -0.2) is 4.79 Å². The van der Waals surface area contributed by atoms with Crippen molar-refractivity contribution in [1.29, 1.82) is 0 Å². The molecule has 0 saturated carbocycles. The first-order valence-electron chi connectivity index (χ1n) is 13.4. The van der Waals surface area contributed by atoms with Crippen molar-refractivity contribution < 1.29 is 23.8 Å². The van der Waals surface area contributed by atoms with E-state index in [-0.39, 0.29) is 17.9 Å². The van der Waals surface area contributed by atoms with Crippen LogP contribution in [0.15, 0.2) is 47.6 Å². The zero-order valence-corrected chi connectivity index (χ0v) is 25.0. The average molecular weight is 540 g/mol. The molecule has 0 radical (unpaired) electrons.